The summed E-state index contributed by atoms with van der Waals surface area (Å²) in [5, 5.41) is 12.4. The number of hydrogen-bond acceptors (Lipinski definition) is 5. The molecular weight excluding hydrogens is 507 g/mol. The van der Waals surface area contributed by atoms with Crippen molar-refractivity contribution >= 4 is 12.4 Å². The Morgan fingerprint density at radius 2 is 1.05 bits per heavy atom. The van der Waals surface area contributed by atoms with Gasteiger partial charge in [0.1, 0.15) is 19.1 Å². The summed E-state index contributed by atoms with van der Waals surface area (Å²) in [6, 6.07) is 39.0. The summed E-state index contributed by atoms with van der Waals surface area (Å²) in [5.41, 5.74) is 3.07. The van der Waals surface area contributed by atoms with E-state index < -0.39 is 25.2 Å². The lowest BCUT2D eigenvalue weighted by Crippen LogP contribution is -2.53. The maximum Gasteiger partial charge on any atom is 0.145 e. The zero-order chi connectivity index (χ0) is 26.9. The third-order valence-electron chi connectivity index (χ3n) is 7.22. The molecule has 0 spiro atoms. The molecule has 0 radical (unpaired) electrons. The van der Waals surface area contributed by atoms with Crippen LogP contribution in [0, 0.1) is 5.92 Å². The van der Waals surface area contributed by atoms with Gasteiger partial charge in [-0.25, -0.2) is 0 Å². The predicted octanol–water partition coefficient (Wildman–Crippen LogP) is 6.01. The zero-order valence-corrected chi connectivity index (χ0v) is 22.8. The van der Waals surface area contributed by atoms with Crippen LogP contribution in [0.1, 0.15) is 16.7 Å². The number of aliphatic hydroxyl groups is 1. The Balaban J connectivity index is 1.43. The van der Waals surface area contributed by atoms with Crippen LogP contribution < -0.4 is 5.30 Å². The quantitative estimate of drug-likeness (QED) is 0.235. The van der Waals surface area contributed by atoms with Crippen molar-refractivity contribution in [1.29, 1.82) is 0 Å². The highest BCUT2D eigenvalue weighted by molar-refractivity contribution is 7.72. The van der Waals surface area contributed by atoms with Crippen molar-refractivity contribution in [1.82, 2.24) is 0 Å². The third-order valence-corrected chi connectivity index (χ3v) is 10.6. The largest absolute Gasteiger partial charge is 0.382 e. The van der Waals surface area contributed by atoms with Gasteiger partial charge in [-0.15, -0.1) is 0 Å². The molecule has 4 aromatic carbocycles. The lowest BCUT2D eigenvalue weighted by molar-refractivity contribution is -0.146. The fourth-order valence-corrected chi connectivity index (χ4v) is 8.32. The maximum atomic E-state index is 14.6. The minimum atomic E-state index is -3.26. The Morgan fingerprint density at radius 3 is 1.56 bits per heavy atom. The topological polar surface area (TPSA) is 65.0 Å². The van der Waals surface area contributed by atoms with E-state index in [0.717, 1.165) is 16.7 Å². The highest BCUT2D eigenvalue weighted by Gasteiger charge is 2.52. The molecule has 5 rings (SSSR count). The average Bonchev–Trinajstić information content (AvgIpc) is 2.99. The molecule has 5 unspecified atom stereocenters. The van der Waals surface area contributed by atoms with Crippen LogP contribution in [0.2, 0.25) is 0 Å². The first-order valence-corrected chi connectivity index (χ1v) is 15.3. The van der Waals surface area contributed by atoms with Crippen LogP contribution >= 0.6 is 7.14 Å². The fraction of sp³-hybridized carbons (Fsp3) is 0.273. The van der Waals surface area contributed by atoms with Crippen molar-refractivity contribution in [3.05, 3.63) is 138 Å². The van der Waals surface area contributed by atoms with Crippen LogP contribution in [0.4, 0.5) is 0 Å². The highest BCUT2D eigenvalue weighted by atomic mass is 31.2. The van der Waals surface area contributed by atoms with Crippen molar-refractivity contribution in [3.63, 3.8) is 0 Å². The highest BCUT2D eigenvalue weighted by Crippen LogP contribution is 2.57. The average molecular weight is 543 g/mol. The molecule has 1 aliphatic heterocycles. The van der Waals surface area contributed by atoms with Crippen LogP contribution in [0.5, 0.6) is 0 Å². The Kier molecular flexibility index (Phi) is 9.41. The molecule has 0 bridgehead atoms. The second-order valence-electron chi connectivity index (χ2n) is 10.0. The molecular formula is C33H35O5P. The van der Waals surface area contributed by atoms with E-state index in [1.165, 1.54) is 0 Å². The van der Waals surface area contributed by atoms with Crippen LogP contribution in [0.15, 0.2) is 121 Å². The molecule has 5 atom stereocenters. The summed E-state index contributed by atoms with van der Waals surface area (Å²) in [6.45, 7) is 1.41. The van der Waals surface area contributed by atoms with E-state index in [1.807, 2.05) is 121 Å². The van der Waals surface area contributed by atoms with E-state index in [0.29, 0.717) is 25.1 Å². The van der Waals surface area contributed by atoms with Crippen molar-refractivity contribution < 1.29 is 23.9 Å². The van der Waals surface area contributed by atoms with Gasteiger partial charge in [-0.2, -0.15) is 0 Å². The minimum absolute atomic E-state index is 0.243. The van der Waals surface area contributed by atoms with E-state index in [9.17, 15) is 9.67 Å². The van der Waals surface area contributed by atoms with Crippen molar-refractivity contribution in [2.45, 2.75) is 37.9 Å². The Morgan fingerprint density at radius 1 is 0.615 bits per heavy atom. The third kappa shape index (κ3) is 6.94. The molecule has 4 aromatic rings. The number of hydrogen-bond donors (Lipinski definition) is 1. The normalized spacial score (nSPS) is 24.8. The fourth-order valence-electron chi connectivity index (χ4n) is 5.17. The van der Waals surface area contributed by atoms with Crippen molar-refractivity contribution in [2.24, 2.45) is 5.92 Å². The van der Waals surface area contributed by atoms with Crippen LogP contribution in [-0.4, -0.2) is 35.9 Å². The van der Waals surface area contributed by atoms with Gasteiger partial charge in [-0.3, -0.25) is 0 Å². The molecule has 0 aliphatic carbocycles. The van der Waals surface area contributed by atoms with E-state index in [-0.39, 0.29) is 18.7 Å². The lowest BCUT2D eigenvalue weighted by Gasteiger charge is -2.44. The smallest absolute Gasteiger partial charge is 0.145 e. The molecule has 202 valence electrons. The van der Waals surface area contributed by atoms with E-state index >= 15 is 0 Å². The molecule has 0 aromatic heterocycles. The van der Waals surface area contributed by atoms with E-state index in [1.54, 1.807) is 0 Å². The number of aliphatic hydroxyl groups excluding tert-OH is 1. The van der Waals surface area contributed by atoms with Crippen LogP contribution in [-0.2, 0) is 38.6 Å². The first-order chi connectivity index (χ1) is 19.1. The van der Waals surface area contributed by atoms with Gasteiger partial charge in [0, 0.05) is 17.4 Å². The first-order valence-electron chi connectivity index (χ1n) is 13.4. The standard InChI is InChI=1S/C33H35O5P/c34-33-32(38-23-28-17-9-3-10-18-28)31(37-22-27-15-7-2-8-16-27)29(24-36-21-26-13-5-1-6-14-26)25-39(33,35)30-19-11-4-12-20-30/h1-20,29,31-34H,21-25H2. The Labute approximate surface area is 230 Å². The Bertz CT molecular complexity index is 1320. The van der Waals surface area contributed by atoms with Gasteiger partial charge in [0.2, 0.25) is 0 Å². The second kappa shape index (κ2) is 13.3. The summed E-state index contributed by atoms with van der Waals surface area (Å²) < 4.78 is 33.7. The maximum absolute atomic E-state index is 14.6. The molecule has 0 amide bonds. The van der Waals surface area contributed by atoms with Gasteiger partial charge < -0.3 is 23.9 Å². The zero-order valence-electron chi connectivity index (χ0n) is 21.9. The number of ether oxygens (including phenoxy) is 3. The SMILES string of the molecule is O=P1(c2ccccc2)CC(COCc2ccccc2)C(OCc2ccccc2)C(OCc2ccccc2)C1O. The lowest BCUT2D eigenvalue weighted by atomic mass is 9.99. The predicted molar refractivity (Wildman–Crippen MR) is 154 cm³/mol. The molecule has 1 heterocycles. The van der Waals surface area contributed by atoms with Gasteiger partial charge in [0.05, 0.1) is 32.5 Å². The van der Waals surface area contributed by atoms with Crippen LogP contribution in [0.25, 0.3) is 0 Å². The van der Waals surface area contributed by atoms with E-state index in [2.05, 4.69) is 0 Å². The number of benzene rings is 4. The minimum Gasteiger partial charge on any atom is -0.382 e. The van der Waals surface area contributed by atoms with Gasteiger partial charge in [0.15, 0.2) is 0 Å². The Hall–Kier alpha value is -3.05. The summed E-state index contributed by atoms with van der Waals surface area (Å²) >= 11 is 0. The second-order valence-corrected chi connectivity index (χ2v) is 13.0. The number of rotatable bonds is 11. The summed E-state index contributed by atoms with van der Waals surface area (Å²) in [4.78, 5) is 0. The van der Waals surface area contributed by atoms with Crippen LogP contribution in [0.3, 0.4) is 0 Å². The molecule has 1 N–H and O–H groups in total. The molecule has 1 aliphatic rings. The molecule has 1 saturated heterocycles. The molecule has 5 nitrogen and oxygen atoms in total. The first kappa shape index (κ1) is 27.5. The van der Waals surface area contributed by atoms with Gasteiger partial charge >= 0.3 is 0 Å². The summed E-state index contributed by atoms with van der Waals surface area (Å²) in [6.07, 6.45) is -1.03. The molecule has 0 saturated carbocycles. The van der Waals surface area contributed by atoms with Gasteiger partial charge in [-0.1, -0.05) is 121 Å². The van der Waals surface area contributed by atoms with E-state index in [4.69, 9.17) is 14.2 Å². The molecule has 6 heteroatoms. The summed E-state index contributed by atoms with van der Waals surface area (Å²) in [7, 11) is -3.26. The van der Waals surface area contributed by atoms with Crippen molar-refractivity contribution in [3.8, 4) is 0 Å². The van der Waals surface area contributed by atoms with Gasteiger partial charge in [0.25, 0.3) is 0 Å². The molecule has 39 heavy (non-hydrogen) atoms. The van der Waals surface area contributed by atoms with Crippen molar-refractivity contribution in [2.75, 3.05) is 12.8 Å². The summed E-state index contributed by atoms with van der Waals surface area (Å²) in [5.74, 6) is -1.44. The molecule has 1 fully saturated rings. The monoisotopic (exact) mass is 542 g/mol. The van der Waals surface area contributed by atoms with Gasteiger partial charge in [-0.05, 0) is 16.7 Å².